The minimum atomic E-state index is 0.0638. The quantitative estimate of drug-likeness (QED) is 0.616. The maximum absolute atomic E-state index is 10.5. The van der Waals surface area contributed by atoms with Crippen LogP contribution >= 0.6 is 0 Å². The van der Waals surface area contributed by atoms with E-state index in [2.05, 4.69) is 9.97 Å². The molecule has 4 heteroatoms. The highest BCUT2D eigenvalue weighted by Gasteiger charge is 2.03. The highest BCUT2D eigenvalue weighted by Crippen LogP contribution is 2.19. The Balaban J connectivity index is 2.88. The van der Waals surface area contributed by atoms with E-state index < -0.39 is 0 Å². The smallest absolute Gasteiger partial charge is 0.152 e. The highest BCUT2D eigenvalue weighted by molar-refractivity contribution is 5.95. The maximum atomic E-state index is 10.5. The molecule has 0 amide bonds. The van der Waals surface area contributed by atoms with Crippen molar-refractivity contribution in [3.8, 4) is 5.75 Å². The van der Waals surface area contributed by atoms with Crippen molar-refractivity contribution < 1.29 is 9.90 Å². The van der Waals surface area contributed by atoms with Crippen molar-refractivity contribution in [3.05, 3.63) is 24.0 Å². The molecule has 0 bridgehead atoms. The number of hydrogen-bond acceptors (Lipinski definition) is 3. The maximum Gasteiger partial charge on any atom is 0.152 e. The summed E-state index contributed by atoms with van der Waals surface area (Å²) in [5, 5.41) is 9.15. The Kier molecular flexibility index (Phi) is 1.33. The van der Waals surface area contributed by atoms with Crippen molar-refractivity contribution in [2.45, 2.75) is 0 Å². The summed E-state index contributed by atoms with van der Waals surface area (Å²) in [5.41, 5.74) is 1.64. The lowest BCUT2D eigenvalue weighted by atomic mass is 10.2. The standard InChI is InChI=1S/C8H6N2O2/c11-3-5-1-6(12)2-7-8(5)10-4-9-7/h1-4,12H,(H,9,10). The van der Waals surface area contributed by atoms with Gasteiger partial charge in [-0.15, -0.1) is 0 Å². The molecule has 0 aliphatic heterocycles. The van der Waals surface area contributed by atoms with E-state index >= 15 is 0 Å². The van der Waals surface area contributed by atoms with Crippen molar-refractivity contribution in [3.63, 3.8) is 0 Å². The number of nitrogens with zero attached hydrogens (tertiary/aromatic N) is 1. The average molecular weight is 162 g/mol. The number of aromatic amines is 1. The summed E-state index contributed by atoms with van der Waals surface area (Å²) in [6.07, 6.45) is 2.15. The van der Waals surface area contributed by atoms with Crippen LogP contribution in [0.5, 0.6) is 5.75 Å². The molecule has 0 aliphatic rings. The van der Waals surface area contributed by atoms with E-state index in [1.54, 1.807) is 0 Å². The molecule has 0 spiro atoms. The van der Waals surface area contributed by atoms with Crippen LogP contribution in [0.3, 0.4) is 0 Å². The average Bonchev–Trinajstić information content (AvgIpc) is 2.50. The summed E-state index contributed by atoms with van der Waals surface area (Å²) >= 11 is 0. The molecular formula is C8H6N2O2. The van der Waals surface area contributed by atoms with Gasteiger partial charge < -0.3 is 10.1 Å². The largest absolute Gasteiger partial charge is 0.508 e. The second-order valence-corrected chi connectivity index (χ2v) is 2.45. The van der Waals surface area contributed by atoms with E-state index in [0.29, 0.717) is 22.9 Å². The first-order chi connectivity index (χ1) is 5.81. The van der Waals surface area contributed by atoms with Crippen molar-refractivity contribution in [2.24, 2.45) is 0 Å². The molecule has 0 saturated heterocycles. The van der Waals surface area contributed by atoms with E-state index in [-0.39, 0.29) is 5.75 Å². The molecule has 2 rings (SSSR count). The molecule has 0 radical (unpaired) electrons. The molecule has 1 heterocycles. The van der Waals surface area contributed by atoms with Crippen LogP contribution in [0.4, 0.5) is 0 Å². The molecule has 0 saturated carbocycles. The monoisotopic (exact) mass is 162 g/mol. The fourth-order valence-corrected chi connectivity index (χ4v) is 1.15. The predicted molar refractivity (Wildman–Crippen MR) is 43.1 cm³/mol. The summed E-state index contributed by atoms with van der Waals surface area (Å²) < 4.78 is 0. The number of benzene rings is 1. The van der Waals surface area contributed by atoms with Gasteiger partial charge in [0.1, 0.15) is 5.75 Å². The Morgan fingerprint density at radius 3 is 3.08 bits per heavy atom. The molecule has 2 N–H and O–H groups in total. The molecule has 0 unspecified atom stereocenters. The van der Waals surface area contributed by atoms with Crippen LogP contribution in [0.1, 0.15) is 10.4 Å². The van der Waals surface area contributed by atoms with Gasteiger partial charge in [-0.3, -0.25) is 4.79 Å². The van der Waals surface area contributed by atoms with Gasteiger partial charge in [-0.05, 0) is 6.07 Å². The first-order valence-electron chi connectivity index (χ1n) is 3.42. The van der Waals surface area contributed by atoms with E-state index in [4.69, 9.17) is 5.11 Å². The number of aromatic hydroxyl groups is 1. The van der Waals surface area contributed by atoms with Crippen LogP contribution in [-0.4, -0.2) is 21.4 Å². The molecule has 12 heavy (non-hydrogen) atoms. The molecule has 1 aromatic carbocycles. The summed E-state index contributed by atoms with van der Waals surface area (Å²) in [7, 11) is 0. The number of phenols is 1. The van der Waals surface area contributed by atoms with Gasteiger partial charge >= 0.3 is 0 Å². The number of H-pyrrole nitrogens is 1. The normalized spacial score (nSPS) is 10.3. The zero-order valence-corrected chi connectivity index (χ0v) is 6.11. The second-order valence-electron chi connectivity index (χ2n) is 2.45. The third-order valence-corrected chi connectivity index (χ3v) is 1.66. The lowest BCUT2D eigenvalue weighted by molar-refractivity contribution is 0.112. The number of imidazole rings is 1. The predicted octanol–water partition coefficient (Wildman–Crippen LogP) is 1.08. The number of hydrogen-bond donors (Lipinski definition) is 2. The lowest BCUT2D eigenvalue weighted by Crippen LogP contribution is -1.82. The summed E-state index contributed by atoms with van der Waals surface area (Å²) in [4.78, 5) is 17.2. The zero-order chi connectivity index (χ0) is 8.55. The third-order valence-electron chi connectivity index (χ3n) is 1.66. The van der Waals surface area contributed by atoms with Crippen LogP contribution < -0.4 is 0 Å². The Labute approximate surface area is 67.9 Å². The van der Waals surface area contributed by atoms with Crippen molar-refractivity contribution in [2.75, 3.05) is 0 Å². The summed E-state index contributed by atoms with van der Waals surface area (Å²) in [6, 6.07) is 2.91. The number of phenolic OH excluding ortho intramolecular Hbond substituents is 1. The number of aromatic nitrogens is 2. The second kappa shape index (κ2) is 2.34. The minimum absolute atomic E-state index is 0.0638. The van der Waals surface area contributed by atoms with Gasteiger partial charge in [0.25, 0.3) is 0 Å². The van der Waals surface area contributed by atoms with Gasteiger partial charge in [0, 0.05) is 11.6 Å². The highest BCUT2D eigenvalue weighted by atomic mass is 16.3. The first kappa shape index (κ1) is 6.84. The topological polar surface area (TPSA) is 66.0 Å². The van der Waals surface area contributed by atoms with Crippen LogP contribution in [-0.2, 0) is 0 Å². The van der Waals surface area contributed by atoms with Gasteiger partial charge in [-0.25, -0.2) is 4.98 Å². The third kappa shape index (κ3) is 0.852. The van der Waals surface area contributed by atoms with Gasteiger partial charge in [0.15, 0.2) is 6.29 Å². The molecular weight excluding hydrogens is 156 g/mol. The number of rotatable bonds is 1. The molecule has 2 aromatic rings. The van der Waals surface area contributed by atoms with Gasteiger partial charge in [0.05, 0.1) is 17.4 Å². The molecule has 0 atom stereocenters. The van der Waals surface area contributed by atoms with Crippen molar-refractivity contribution in [1.29, 1.82) is 0 Å². The van der Waals surface area contributed by atoms with Crippen LogP contribution in [0.2, 0.25) is 0 Å². The lowest BCUT2D eigenvalue weighted by Gasteiger charge is -1.94. The van der Waals surface area contributed by atoms with Gasteiger partial charge in [-0.1, -0.05) is 0 Å². The van der Waals surface area contributed by atoms with Crippen LogP contribution in [0.15, 0.2) is 18.5 Å². The first-order valence-corrected chi connectivity index (χ1v) is 3.42. The molecule has 0 aliphatic carbocycles. The van der Waals surface area contributed by atoms with Gasteiger partial charge in [0.2, 0.25) is 0 Å². The van der Waals surface area contributed by atoms with Crippen LogP contribution in [0.25, 0.3) is 11.0 Å². The number of aldehydes is 1. The Bertz CT molecular complexity index is 434. The molecule has 60 valence electrons. The summed E-state index contributed by atoms with van der Waals surface area (Å²) in [6.45, 7) is 0. The number of nitrogens with one attached hydrogen (secondary N) is 1. The Hall–Kier alpha value is -1.84. The van der Waals surface area contributed by atoms with Crippen LogP contribution in [0, 0.1) is 0 Å². The Morgan fingerprint density at radius 2 is 2.33 bits per heavy atom. The molecule has 4 nitrogen and oxygen atoms in total. The van der Waals surface area contributed by atoms with E-state index in [0.717, 1.165) is 0 Å². The van der Waals surface area contributed by atoms with E-state index in [1.165, 1.54) is 18.5 Å². The number of carbonyl (C=O) groups is 1. The van der Waals surface area contributed by atoms with Gasteiger partial charge in [-0.2, -0.15) is 0 Å². The Morgan fingerprint density at radius 1 is 1.50 bits per heavy atom. The molecule has 0 fully saturated rings. The van der Waals surface area contributed by atoms with E-state index in [1.807, 2.05) is 0 Å². The van der Waals surface area contributed by atoms with E-state index in [9.17, 15) is 4.79 Å². The summed E-state index contributed by atoms with van der Waals surface area (Å²) in [5.74, 6) is 0.0638. The fraction of sp³-hybridized carbons (Fsp3) is 0. The SMILES string of the molecule is O=Cc1cc(O)cc2[nH]cnc12. The fourth-order valence-electron chi connectivity index (χ4n) is 1.15. The number of carbonyl (C=O) groups excluding carboxylic acids is 1. The minimum Gasteiger partial charge on any atom is -0.508 e. The molecule has 1 aromatic heterocycles. The number of fused-ring (bicyclic) bond motifs is 1. The van der Waals surface area contributed by atoms with Crippen molar-refractivity contribution >= 4 is 17.3 Å². The van der Waals surface area contributed by atoms with Crippen molar-refractivity contribution in [1.82, 2.24) is 9.97 Å². The zero-order valence-electron chi connectivity index (χ0n) is 6.11.